The minimum absolute atomic E-state index is 0.0490. The van der Waals surface area contributed by atoms with Gasteiger partial charge in [0.25, 0.3) is 5.91 Å². The highest BCUT2D eigenvalue weighted by Crippen LogP contribution is 2.44. The lowest BCUT2D eigenvalue weighted by Gasteiger charge is -2.14. The van der Waals surface area contributed by atoms with Gasteiger partial charge in [0.1, 0.15) is 11.5 Å². The third-order valence-electron chi connectivity index (χ3n) is 5.27. The smallest absolute Gasteiger partial charge is 0.308 e. The van der Waals surface area contributed by atoms with E-state index in [2.05, 4.69) is 4.98 Å². The molecule has 2 heterocycles. The van der Waals surface area contributed by atoms with Gasteiger partial charge in [0.2, 0.25) is 0 Å². The number of nitrogens with zero attached hydrogens (tertiary/aromatic N) is 2. The highest BCUT2D eigenvalue weighted by Gasteiger charge is 2.47. The van der Waals surface area contributed by atoms with Gasteiger partial charge in [0, 0.05) is 24.9 Å². The Bertz CT molecular complexity index is 849. The van der Waals surface area contributed by atoms with Crippen LogP contribution in [-0.4, -0.2) is 40.0 Å². The highest BCUT2D eigenvalue weighted by atomic mass is 32.1. The predicted molar refractivity (Wildman–Crippen MR) is 94.6 cm³/mol. The molecule has 1 amide bonds. The Kier molecular flexibility index (Phi) is 4.48. The zero-order valence-corrected chi connectivity index (χ0v) is 14.9. The molecule has 0 spiro atoms. The van der Waals surface area contributed by atoms with Crippen molar-refractivity contribution >= 4 is 23.2 Å². The lowest BCUT2D eigenvalue weighted by molar-refractivity contribution is -0.142. The van der Waals surface area contributed by atoms with E-state index >= 15 is 0 Å². The summed E-state index contributed by atoms with van der Waals surface area (Å²) in [6.07, 6.45) is 2.45. The second kappa shape index (κ2) is 6.79. The second-order valence-corrected chi connectivity index (χ2v) is 7.99. The molecule has 0 unspecified atom stereocenters. The van der Waals surface area contributed by atoms with E-state index in [1.165, 1.54) is 17.4 Å². The van der Waals surface area contributed by atoms with Crippen LogP contribution in [0.4, 0.5) is 4.39 Å². The number of aliphatic carboxylic acids is 1. The van der Waals surface area contributed by atoms with Gasteiger partial charge in [-0.2, -0.15) is 0 Å². The molecule has 1 aliphatic heterocycles. The van der Waals surface area contributed by atoms with E-state index in [-0.39, 0.29) is 24.2 Å². The summed E-state index contributed by atoms with van der Waals surface area (Å²) in [5, 5.41) is 11.8. The molecule has 136 valence electrons. The first kappa shape index (κ1) is 17.1. The fraction of sp³-hybridized carbons (Fsp3) is 0.421. The van der Waals surface area contributed by atoms with E-state index < -0.39 is 11.9 Å². The summed E-state index contributed by atoms with van der Waals surface area (Å²) in [5.41, 5.74) is 0.865. The van der Waals surface area contributed by atoms with Gasteiger partial charge in [-0.25, -0.2) is 9.37 Å². The number of amides is 1. The van der Waals surface area contributed by atoms with Crippen molar-refractivity contribution in [1.29, 1.82) is 0 Å². The number of likely N-dealkylation sites (tertiary alicyclic amines) is 1. The fourth-order valence-corrected chi connectivity index (χ4v) is 4.51. The quantitative estimate of drug-likeness (QED) is 0.873. The number of hydrogen-bond donors (Lipinski definition) is 1. The Hall–Kier alpha value is -2.28. The van der Waals surface area contributed by atoms with Crippen molar-refractivity contribution in [2.45, 2.75) is 19.3 Å². The Balaban J connectivity index is 1.46. The van der Waals surface area contributed by atoms with E-state index in [1.54, 1.807) is 28.5 Å². The Morgan fingerprint density at radius 1 is 1.27 bits per heavy atom. The van der Waals surface area contributed by atoms with Gasteiger partial charge in [0.05, 0.1) is 10.9 Å². The fourth-order valence-electron chi connectivity index (χ4n) is 3.72. The van der Waals surface area contributed by atoms with Gasteiger partial charge in [-0.05, 0) is 36.3 Å². The number of hydrogen-bond acceptors (Lipinski definition) is 4. The minimum atomic E-state index is -0.823. The Morgan fingerprint density at radius 3 is 2.73 bits per heavy atom. The van der Waals surface area contributed by atoms with Crippen molar-refractivity contribution in [3.63, 3.8) is 0 Å². The van der Waals surface area contributed by atoms with E-state index in [0.717, 1.165) is 12.8 Å². The normalized spacial score (nSPS) is 22.6. The number of carboxylic acid groups (broad SMARTS) is 1. The van der Waals surface area contributed by atoms with Crippen LogP contribution in [0.15, 0.2) is 29.6 Å². The van der Waals surface area contributed by atoms with Crippen molar-refractivity contribution in [2.75, 3.05) is 13.1 Å². The summed E-state index contributed by atoms with van der Waals surface area (Å²) >= 11 is 1.33. The standard InChI is InChI=1S/C19H19FN2O3S/c20-15-4-2-1-3-12(15)7-17-21-16(10-26-17)18(23)22-8-13(11-5-6-11)14(9-22)19(24)25/h1-4,10-11,13-14H,5-9H2,(H,24,25)/t13-,14+/m1/s1. The van der Waals surface area contributed by atoms with Crippen LogP contribution >= 0.6 is 11.3 Å². The first-order valence-corrected chi connectivity index (χ1v) is 9.61. The van der Waals surface area contributed by atoms with Crippen LogP contribution in [0.25, 0.3) is 0 Å². The lowest BCUT2D eigenvalue weighted by atomic mass is 9.92. The van der Waals surface area contributed by atoms with E-state index in [1.807, 2.05) is 0 Å². The van der Waals surface area contributed by atoms with E-state index in [0.29, 0.717) is 35.1 Å². The van der Waals surface area contributed by atoms with Gasteiger partial charge in [0.15, 0.2) is 0 Å². The van der Waals surface area contributed by atoms with Crippen LogP contribution < -0.4 is 0 Å². The molecule has 2 atom stereocenters. The molecule has 2 fully saturated rings. The summed E-state index contributed by atoms with van der Waals surface area (Å²) in [6, 6.07) is 6.52. The lowest BCUT2D eigenvalue weighted by Crippen LogP contribution is -2.30. The zero-order valence-electron chi connectivity index (χ0n) is 14.1. The van der Waals surface area contributed by atoms with Crippen molar-refractivity contribution in [1.82, 2.24) is 9.88 Å². The maximum atomic E-state index is 13.8. The average molecular weight is 374 g/mol. The molecule has 0 radical (unpaired) electrons. The number of carbonyl (C=O) groups excluding carboxylic acids is 1. The topological polar surface area (TPSA) is 70.5 Å². The maximum absolute atomic E-state index is 13.8. The summed E-state index contributed by atoms with van der Waals surface area (Å²) in [5.74, 6) is -1.34. The van der Waals surface area contributed by atoms with Crippen molar-refractivity contribution in [3.8, 4) is 0 Å². The maximum Gasteiger partial charge on any atom is 0.308 e. The number of carboxylic acids is 1. The number of halogens is 1. The van der Waals surface area contributed by atoms with Gasteiger partial charge in [-0.15, -0.1) is 11.3 Å². The molecule has 4 rings (SSSR count). The molecular weight excluding hydrogens is 355 g/mol. The monoisotopic (exact) mass is 374 g/mol. The van der Waals surface area contributed by atoms with Crippen LogP contribution in [0, 0.1) is 23.6 Å². The predicted octanol–water partition coefficient (Wildman–Crippen LogP) is 3.06. The molecule has 7 heteroatoms. The summed E-state index contributed by atoms with van der Waals surface area (Å²) in [4.78, 5) is 30.2. The van der Waals surface area contributed by atoms with Crippen molar-refractivity contribution in [3.05, 3.63) is 51.7 Å². The molecule has 0 bridgehead atoms. The summed E-state index contributed by atoms with van der Waals surface area (Å²) in [6.45, 7) is 0.732. The molecule has 1 aromatic heterocycles. The number of thiazole rings is 1. The van der Waals surface area contributed by atoms with Gasteiger partial charge >= 0.3 is 5.97 Å². The van der Waals surface area contributed by atoms with Crippen LogP contribution in [0.1, 0.15) is 33.9 Å². The molecule has 1 N–H and O–H groups in total. The zero-order chi connectivity index (χ0) is 18.3. The molecule has 5 nitrogen and oxygen atoms in total. The van der Waals surface area contributed by atoms with Crippen molar-refractivity contribution < 1.29 is 19.1 Å². The van der Waals surface area contributed by atoms with Crippen LogP contribution in [0.3, 0.4) is 0 Å². The second-order valence-electron chi connectivity index (χ2n) is 7.05. The van der Waals surface area contributed by atoms with Gasteiger partial charge < -0.3 is 10.0 Å². The Morgan fingerprint density at radius 2 is 2.04 bits per heavy atom. The molecule has 1 aliphatic carbocycles. The largest absolute Gasteiger partial charge is 0.481 e. The van der Waals surface area contributed by atoms with Crippen LogP contribution in [0.5, 0.6) is 0 Å². The third kappa shape index (κ3) is 3.35. The van der Waals surface area contributed by atoms with Crippen molar-refractivity contribution in [2.24, 2.45) is 17.8 Å². The van der Waals surface area contributed by atoms with E-state index in [9.17, 15) is 19.1 Å². The van der Waals surface area contributed by atoms with Crippen LogP contribution in [-0.2, 0) is 11.2 Å². The summed E-state index contributed by atoms with van der Waals surface area (Å²) in [7, 11) is 0. The van der Waals surface area contributed by atoms with Gasteiger partial charge in [-0.3, -0.25) is 9.59 Å². The molecule has 1 saturated carbocycles. The minimum Gasteiger partial charge on any atom is -0.481 e. The van der Waals surface area contributed by atoms with Crippen LogP contribution in [0.2, 0.25) is 0 Å². The molecular formula is C19H19FN2O3S. The molecule has 26 heavy (non-hydrogen) atoms. The molecule has 2 aliphatic rings. The SMILES string of the molecule is O=C(O)[C@H]1CN(C(=O)c2csc(Cc3ccccc3F)n2)C[C@@H]1C1CC1. The third-order valence-corrected chi connectivity index (χ3v) is 6.12. The molecule has 1 saturated heterocycles. The molecule has 2 aromatic rings. The number of carbonyl (C=O) groups is 2. The Labute approximate surface area is 154 Å². The average Bonchev–Trinajstić information content (AvgIpc) is 3.19. The number of benzene rings is 1. The number of aromatic nitrogens is 1. The first-order valence-electron chi connectivity index (χ1n) is 8.73. The number of rotatable bonds is 5. The van der Waals surface area contributed by atoms with E-state index in [4.69, 9.17) is 0 Å². The highest BCUT2D eigenvalue weighted by molar-refractivity contribution is 7.09. The first-order chi connectivity index (χ1) is 12.5. The molecule has 1 aromatic carbocycles. The summed E-state index contributed by atoms with van der Waals surface area (Å²) < 4.78 is 13.8. The van der Waals surface area contributed by atoms with Gasteiger partial charge in [-0.1, -0.05) is 18.2 Å².